The molecule has 0 spiro atoms. The molecule has 2 aromatic rings. The van der Waals surface area contributed by atoms with Crippen molar-refractivity contribution in [2.45, 2.75) is 18.3 Å². The third kappa shape index (κ3) is 2.79. The molecule has 1 fully saturated rings. The maximum atomic E-state index is 14.3. The molecule has 2 atom stereocenters. The first-order valence-corrected chi connectivity index (χ1v) is 7.75. The van der Waals surface area contributed by atoms with Crippen LogP contribution in [0.1, 0.15) is 29.4 Å². The van der Waals surface area contributed by atoms with Crippen molar-refractivity contribution in [3.63, 3.8) is 0 Å². The van der Waals surface area contributed by atoms with Crippen LogP contribution in [0.2, 0.25) is 0 Å². The Morgan fingerprint density at radius 2 is 1.85 bits per heavy atom. The molecule has 0 bridgehead atoms. The van der Waals surface area contributed by atoms with Gasteiger partial charge >= 0.3 is 0 Å². The van der Waals surface area contributed by atoms with E-state index in [4.69, 9.17) is 0 Å². The fourth-order valence-corrected chi connectivity index (χ4v) is 3.42. The molecule has 0 aromatic heterocycles. The van der Waals surface area contributed by atoms with Crippen molar-refractivity contribution in [1.29, 1.82) is 0 Å². The lowest BCUT2D eigenvalue weighted by molar-refractivity contribution is 0.393. The molecule has 20 heavy (non-hydrogen) atoms. The van der Waals surface area contributed by atoms with Crippen molar-refractivity contribution in [3.05, 3.63) is 69.9 Å². The van der Waals surface area contributed by atoms with Gasteiger partial charge in [-0.3, -0.25) is 0 Å². The van der Waals surface area contributed by atoms with Crippen LogP contribution in [0.4, 0.5) is 4.39 Å². The average molecular weight is 334 g/mol. The van der Waals surface area contributed by atoms with Crippen molar-refractivity contribution in [3.8, 4) is 0 Å². The highest BCUT2D eigenvalue weighted by Gasteiger charge is 2.29. The van der Waals surface area contributed by atoms with Gasteiger partial charge in [0.15, 0.2) is 0 Å². The summed E-state index contributed by atoms with van der Waals surface area (Å²) in [7, 11) is 0. The van der Waals surface area contributed by atoms with E-state index in [0.717, 1.165) is 29.5 Å². The molecule has 104 valence electrons. The molecule has 0 saturated carbocycles. The van der Waals surface area contributed by atoms with Crippen molar-refractivity contribution in [2.75, 3.05) is 13.1 Å². The zero-order valence-corrected chi connectivity index (χ0v) is 12.7. The predicted molar refractivity (Wildman–Crippen MR) is 83.5 cm³/mol. The topological polar surface area (TPSA) is 12.0 Å². The molecule has 2 aromatic carbocycles. The predicted octanol–water partition coefficient (Wildman–Crippen LogP) is 4.45. The van der Waals surface area contributed by atoms with Crippen LogP contribution in [0.25, 0.3) is 0 Å². The van der Waals surface area contributed by atoms with E-state index in [1.807, 2.05) is 18.2 Å². The van der Waals surface area contributed by atoms with Gasteiger partial charge in [0, 0.05) is 16.9 Å². The molecule has 1 heterocycles. The smallest absolute Gasteiger partial charge is 0.127 e. The van der Waals surface area contributed by atoms with Gasteiger partial charge in [-0.05, 0) is 42.1 Å². The SMILES string of the molecule is Fc1cc(Br)ccc1C1CCNCC1c1ccccc1. The van der Waals surface area contributed by atoms with Gasteiger partial charge in [-0.1, -0.05) is 52.3 Å². The summed E-state index contributed by atoms with van der Waals surface area (Å²) in [5, 5.41) is 3.43. The quantitative estimate of drug-likeness (QED) is 0.856. The van der Waals surface area contributed by atoms with Crippen LogP contribution in [0.15, 0.2) is 53.0 Å². The van der Waals surface area contributed by atoms with E-state index < -0.39 is 0 Å². The summed E-state index contributed by atoms with van der Waals surface area (Å²) in [6, 6.07) is 15.8. The van der Waals surface area contributed by atoms with Crippen LogP contribution in [0.3, 0.4) is 0 Å². The van der Waals surface area contributed by atoms with E-state index in [9.17, 15) is 4.39 Å². The molecule has 0 amide bonds. The Bertz CT molecular complexity index is 585. The zero-order chi connectivity index (χ0) is 13.9. The third-order valence-electron chi connectivity index (χ3n) is 4.07. The molecule has 0 radical (unpaired) electrons. The van der Waals surface area contributed by atoms with Crippen molar-refractivity contribution < 1.29 is 4.39 Å². The Morgan fingerprint density at radius 3 is 2.60 bits per heavy atom. The molecule has 1 saturated heterocycles. The van der Waals surface area contributed by atoms with Gasteiger partial charge in [0.05, 0.1) is 0 Å². The lowest BCUT2D eigenvalue weighted by Crippen LogP contribution is -2.34. The summed E-state index contributed by atoms with van der Waals surface area (Å²) in [6.45, 7) is 1.85. The van der Waals surface area contributed by atoms with Gasteiger partial charge in [0.25, 0.3) is 0 Å². The first kappa shape index (κ1) is 13.8. The number of benzene rings is 2. The molecular weight excluding hydrogens is 317 g/mol. The number of hydrogen-bond donors (Lipinski definition) is 1. The van der Waals surface area contributed by atoms with Crippen molar-refractivity contribution >= 4 is 15.9 Å². The van der Waals surface area contributed by atoms with E-state index in [2.05, 4.69) is 45.5 Å². The Labute approximate surface area is 127 Å². The van der Waals surface area contributed by atoms with Gasteiger partial charge in [0.2, 0.25) is 0 Å². The summed E-state index contributed by atoms with van der Waals surface area (Å²) in [4.78, 5) is 0. The summed E-state index contributed by atoms with van der Waals surface area (Å²) < 4.78 is 15.1. The minimum absolute atomic E-state index is 0.104. The second-order valence-electron chi connectivity index (χ2n) is 5.28. The molecule has 1 N–H and O–H groups in total. The number of rotatable bonds is 2. The third-order valence-corrected chi connectivity index (χ3v) is 4.57. The van der Waals surface area contributed by atoms with E-state index in [0.29, 0.717) is 5.92 Å². The normalized spacial score (nSPS) is 22.7. The fourth-order valence-electron chi connectivity index (χ4n) is 3.08. The van der Waals surface area contributed by atoms with Crippen molar-refractivity contribution in [1.82, 2.24) is 5.32 Å². The molecule has 1 nitrogen and oxygen atoms in total. The summed E-state index contributed by atoms with van der Waals surface area (Å²) in [6.07, 6.45) is 0.970. The highest BCUT2D eigenvalue weighted by atomic mass is 79.9. The minimum Gasteiger partial charge on any atom is -0.316 e. The van der Waals surface area contributed by atoms with Gasteiger partial charge in [-0.2, -0.15) is 0 Å². The van der Waals surface area contributed by atoms with Crippen LogP contribution < -0.4 is 5.32 Å². The van der Waals surface area contributed by atoms with Crippen LogP contribution >= 0.6 is 15.9 Å². The highest BCUT2D eigenvalue weighted by Crippen LogP contribution is 2.38. The lowest BCUT2D eigenvalue weighted by atomic mass is 9.77. The van der Waals surface area contributed by atoms with E-state index in [1.165, 1.54) is 5.56 Å². The Hall–Kier alpha value is -1.19. The van der Waals surface area contributed by atoms with Crippen LogP contribution in [0, 0.1) is 5.82 Å². The molecule has 2 unspecified atom stereocenters. The van der Waals surface area contributed by atoms with Gasteiger partial charge < -0.3 is 5.32 Å². The van der Waals surface area contributed by atoms with Crippen LogP contribution in [-0.2, 0) is 0 Å². The van der Waals surface area contributed by atoms with Gasteiger partial charge in [-0.15, -0.1) is 0 Å². The first-order chi connectivity index (χ1) is 9.75. The standard InChI is InChI=1S/C17H17BrFN/c18-13-6-7-15(17(19)10-13)14-8-9-20-11-16(14)12-4-2-1-3-5-12/h1-7,10,14,16,20H,8-9,11H2. The second kappa shape index (κ2) is 6.06. The number of nitrogens with one attached hydrogen (secondary N) is 1. The Kier molecular flexibility index (Phi) is 4.18. The monoisotopic (exact) mass is 333 g/mol. The summed E-state index contributed by atoms with van der Waals surface area (Å²) >= 11 is 3.33. The number of piperidine rings is 1. The highest BCUT2D eigenvalue weighted by molar-refractivity contribution is 9.10. The number of halogens is 2. The molecule has 0 aliphatic carbocycles. The molecule has 1 aliphatic rings. The van der Waals surface area contributed by atoms with E-state index >= 15 is 0 Å². The van der Waals surface area contributed by atoms with Gasteiger partial charge in [-0.25, -0.2) is 4.39 Å². The largest absolute Gasteiger partial charge is 0.316 e. The first-order valence-electron chi connectivity index (χ1n) is 6.96. The van der Waals surface area contributed by atoms with Crippen molar-refractivity contribution in [2.24, 2.45) is 0 Å². The van der Waals surface area contributed by atoms with Crippen LogP contribution in [0.5, 0.6) is 0 Å². The molecular formula is C17H17BrFN. The minimum atomic E-state index is -0.104. The second-order valence-corrected chi connectivity index (χ2v) is 6.20. The summed E-state index contributed by atoms with van der Waals surface area (Å²) in [5.74, 6) is 0.472. The van der Waals surface area contributed by atoms with Crippen LogP contribution in [-0.4, -0.2) is 13.1 Å². The summed E-state index contributed by atoms with van der Waals surface area (Å²) in [5.41, 5.74) is 2.12. The maximum Gasteiger partial charge on any atom is 0.127 e. The molecule has 3 heteroatoms. The average Bonchev–Trinajstić information content (AvgIpc) is 2.48. The Morgan fingerprint density at radius 1 is 1.05 bits per heavy atom. The lowest BCUT2D eigenvalue weighted by Gasteiger charge is -2.33. The van der Waals surface area contributed by atoms with E-state index in [1.54, 1.807) is 6.07 Å². The van der Waals surface area contributed by atoms with Gasteiger partial charge in [0.1, 0.15) is 5.82 Å². The number of hydrogen-bond acceptors (Lipinski definition) is 1. The van der Waals surface area contributed by atoms with E-state index in [-0.39, 0.29) is 11.7 Å². The molecule has 1 aliphatic heterocycles. The zero-order valence-electron chi connectivity index (χ0n) is 11.2. The Balaban J connectivity index is 1.97. The maximum absolute atomic E-state index is 14.3. The molecule has 3 rings (SSSR count). The fraction of sp³-hybridized carbons (Fsp3) is 0.294.